The highest BCUT2D eigenvalue weighted by Gasteiger charge is 2.15. The fourth-order valence-corrected chi connectivity index (χ4v) is 2.34. The molecule has 0 saturated carbocycles. The van der Waals surface area contributed by atoms with E-state index in [4.69, 9.17) is 9.84 Å². The van der Waals surface area contributed by atoms with E-state index in [0.29, 0.717) is 6.54 Å². The van der Waals surface area contributed by atoms with Crippen molar-refractivity contribution in [1.82, 2.24) is 5.32 Å². The summed E-state index contributed by atoms with van der Waals surface area (Å²) in [6, 6.07) is 0. The summed E-state index contributed by atoms with van der Waals surface area (Å²) in [5.74, 6) is 1.53. The normalized spacial score (nSPS) is 11.2. The van der Waals surface area contributed by atoms with Gasteiger partial charge in [0.1, 0.15) is 5.60 Å². The van der Waals surface area contributed by atoms with E-state index in [0.717, 1.165) is 11.5 Å². The summed E-state index contributed by atoms with van der Waals surface area (Å²) in [5.41, 5.74) is -0.442. The van der Waals surface area contributed by atoms with Gasteiger partial charge in [-0.05, 0) is 20.8 Å². The molecule has 0 aliphatic heterocycles. The summed E-state index contributed by atoms with van der Waals surface area (Å²) in [7, 11) is 3.22. The first kappa shape index (κ1) is 14.9. The summed E-state index contributed by atoms with van der Waals surface area (Å²) in [5, 5.41) is 11.2. The van der Waals surface area contributed by atoms with Crippen LogP contribution in [0.25, 0.3) is 0 Å². The molecule has 0 spiro atoms. The molecule has 1 amide bonds. The fraction of sp³-hybridized carbons (Fsp3) is 0.889. The Balaban J connectivity index is 3.32. The van der Waals surface area contributed by atoms with Crippen molar-refractivity contribution in [3.63, 3.8) is 0 Å². The number of hydrogen-bond donors (Lipinski definition) is 2. The van der Waals surface area contributed by atoms with E-state index in [1.807, 2.05) is 20.8 Å². The van der Waals surface area contributed by atoms with Gasteiger partial charge in [0, 0.05) is 18.1 Å². The molecule has 0 unspecified atom stereocenters. The summed E-state index contributed by atoms with van der Waals surface area (Å²) < 4.78 is 5.06. The lowest BCUT2D eigenvalue weighted by Gasteiger charge is -2.19. The highest BCUT2D eigenvalue weighted by molar-refractivity contribution is 8.76. The van der Waals surface area contributed by atoms with Crippen molar-refractivity contribution in [1.29, 1.82) is 0 Å². The SMILES string of the molecule is CC(C)(C)OC(=O)NCCSSCCO. The summed E-state index contributed by atoms with van der Waals surface area (Å²) in [4.78, 5) is 11.2. The number of amides is 1. The van der Waals surface area contributed by atoms with E-state index in [9.17, 15) is 4.79 Å². The molecular formula is C9H19NO3S2. The van der Waals surface area contributed by atoms with Crippen molar-refractivity contribution in [2.75, 3.05) is 24.7 Å². The molecule has 0 heterocycles. The predicted molar refractivity (Wildman–Crippen MR) is 66.2 cm³/mol. The lowest BCUT2D eigenvalue weighted by molar-refractivity contribution is 0.0531. The Hall–Kier alpha value is -0.0700. The summed E-state index contributed by atoms with van der Waals surface area (Å²) in [6.45, 7) is 6.27. The van der Waals surface area contributed by atoms with Crippen LogP contribution in [0.2, 0.25) is 0 Å². The number of nitrogens with one attached hydrogen (secondary N) is 1. The molecule has 0 saturated heterocycles. The van der Waals surface area contributed by atoms with E-state index >= 15 is 0 Å². The van der Waals surface area contributed by atoms with Gasteiger partial charge in [-0.3, -0.25) is 0 Å². The van der Waals surface area contributed by atoms with Gasteiger partial charge in [-0.15, -0.1) is 0 Å². The Morgan fingerprint density at radius 2 is 1.93 bits per heavy atom. The van der Waals surface area contributed by atoms with Crippen LogP contribution in [0.4, 0.5) is 4.79 Å². The van der Waals surface area contributed by atoms with Crippen molar-refractivity contribution in [2.24, 2.45) is 0 Å². The van der Waals surface area contributed by atoms with Gasteiger partial charge in [0.25, 0.3) is 0 Å². The Morgan fingerprint density at radius 1 is 1.33 bits per heavy atom. The zero-order chi connectivity index (χ0) is 11.7. The minimum atomic E-state index is -0.442. The molecule has 90 valence electrons. The maximum atomic E-state index is 11.2. The van der Waals surface area contributed by atoms with Crippen molar-refractivity contribution >= 4 is 27.7 Å². The molecule has 0 rings (SSSR count). The molecule has 4 nitrogen and oxygen atoms in total. The molecular weight excluding hydrogens is 234 g/mol. The van der Waals surface area contributed by atoms with Crippen molar-refractivity contribution in [2.45, 2.75) is 26.4 Å². The molecule has 0 radical (unpaired) electrons. The maximum absolute atomic E-state index is 11.2. The molecule has 6 heteroatoms. The largest absolute Gasteiger partial charge is 0.444 e. The van der Waals surface area contributed by atoms with Gasteiger partial charge in [-0.25, -0.2) is 4.79 Å². The molecule has 0 bridgehead atoms. The van der Waals surface area contributed by atoms with Crippen LogP contribution in [-0.4, -0.2) is 41.5 Å². The number of ether oxygens (including phenoxy) is 1. The molecule has 0 aromatic carbocycles. The average Bonchev–Trinajstić information content (AvgIpc) is 2.08. The smallest absolute Gasteiger partial charge is 0.407 e. The van der Waals surface area contributed by atoms with Crippen LogP contribution in [0.3, 0.4) is 0 Å². The Kier molecular flexibility index (Phi) is 8.09. The standard InChI is InChI=1S/C9H19NO3S2/c1-9(2,3)13-8(12)10-4-6-14-15-7-5-11/h11H,4-7H2,1-3H3,(H,10,12). The van der Waals surface area contributed by atoms with Crippen LogP contribution in [0, 0.1) is 0 Å². The monoisotopic (exact) mass is 253 g/mol. The number of hydrogen-bond acceptors (Lipinski definition) is 5. The van der Waals surface area contributed by atoms with Crippen molar-refractivity contribution in [3.05, 3.63) is 0 Å². The second-order valence-corrected chi connectivity index (χ2v) is 6.50. The van der Waals surface area contributed by atoms with E-state index < -0.39 is 5.60 Å². The molecule has 0 atom stereocenters. The van der Waals surface area contributed by atoms with Crippen LogP contribution < -0.4 is 5.32 Å². The molecule has 0 fully saturated rings. The third kappa shape index (κ3) is 11.9. The second kappa shape index (κ2) is 8.13. The lowest BCUT2D eigenvalue weighted by atomic mass is 10.2. The van der Waals surface area contributed by atoms with Crippen LogP contribution in [-0.2, 0) is 4.74 Å². The number of alkyl carbamates (subject to hydrolysis) is 1. The molecule has 0 aromatic heterocycles. The first-order valence-electron chi connectivity index (χ1n) is 4.78. The zero-order valence-corrected chi connectivity index (χ0v) is 11.0. The quantitative estimate of drug-likeness (QED) is 0.559. The highest BCUT2D eigenvalue weighted by atomic mass is 33.1. The minimum Gasteiger partial charge on any atom is -0.444 e. The predicted octanol–water partition coefficient (Wildman–Crippen LogP) is 1.88. The van der Waals surface area contributed by atoms with Gasteiger partial charge in [0.2, 0.25) is 0 Å². The third-order valence-electron chi connectivity index (χ3n) is 1.11. The zero-order valence-electron chi connectivity index (χ0n) is 9.41. The van der Waals surface area contributed by atoms with Crippen LogP contribution in [0.5, 0.6) is 0 Å². The van der Waals surface area contributed by atoms with Gasteiger partial charge in [0.05, 0.1) is 6.61 Å². The van der Waals surface area contributed by atoms with Gasteiger partial charge >= 0.3 is 6.09 Å². The van der Waals surface area contributed by atoms with E-state index in [1.165, 1.54) is 0 Å². The number of rotatable bonds is 6. The number of aliphatic hydroxyl groups excluding tert-OH is 1. The first-order chi connectivity index (χ1) is 6.95. The van der Waals surface area contributed by atoms with E-state index in [2.05, 4.69) is 5.32 Å². The number of carbonyl (C=O) groups is 1. The Morgan fingerprint density at radius 3 is 2.47 bits per heavy atom. The number of aliphatic hydroxyl groups is 1. The Labute approximate surface area is 98.9 Å². The van der Waals surface area contributed by atoms with Crippen LogP contribution in [0.1, 0.15) is 20.8 Å². The Bertz CT molecular complexity index is 183. The minimum absolute atomic E-state index is 0.192. The van der Waals surface area contributed by atoms with Crippen molar-refractivity contribution in [3.8, 4) is 0 Å². The van der Waals surface area contributed by atoms with E-state index in [1.54, 1.807) is 21.6 Å². The van der Waals surface area contributed by atoms with Gasteiger partial charge in [0.15, 0.2) is 0 Å². The van der Waals surface area contributed by atoms with Gasteiger partial charge < -0.3 is 15.2 Å². The van der Waals surface area contributed by atoms with Crippen LogP contribution in [0.15, 0.2) is 0 Å². The summed E-state index contributed by atoms with van der Waals surface area (Å²) in [6.07, 6.45) is -0.379. The number of carbonyl (C=O) groups excluding carboxylic acids is 1. The topological polar surface area (TPSA) is 58.6 Å². The molecule has 2 N–H and O–H groups in total. The van der Waals surface area contributed by atoms with E-state index in [-0.39, 0.29) is 12.7 Å². The van der Waals surface area contributed by atoms with Crippen molar-refractivity contribution < 1.29 is 14.6 Å². The average molecular weight is 253 g/mol. The molecule has 0 aliphatic carbocycles. The second-order valence-electron chi connectivity index (χ2n) is 3.80. The van der Waals surface area contributed by atoms with Crippen LogP contribution >= 0.6 is 21.6 Å². The third-order valence-corrected chi connectivity index (χ3v) is 3.50. The summed E-state index contributed by atoms with van der Waals surface area (Å²) >= 11 is 0. The molecule has 0 aromatic rings. The lowest BCUT2D eigenvalue weighted by Crippen LogP contribution is -2.33. The fourth-order valence-electron chi connectivity index (χ4n) is 0.664. The highest BCUT2D eigenvalue weighted by Crippen LogP contribution is 2.19. The first-order valence-corrected chi connectivity index (χ1v) is 7.26. The van der Waals surface area contributed by atoms with Gasteiger partial charge in [-0.1, -0.05) is 21.6 Å². The maximum Gasteiger partial charge on any atom is 0.407 e. The molecule has 0 aliphatic rings. The molecule has 15 heavy (non-hydrogen) atoms. The van der Waals surface area contributed by atoms with Gasteiger partial charge in [-0.2, -0.15) is 0 Å².